The molecule has 3 aliphatic carbocycles. The predicted molar refractivity (Wildman–Crippen MR) is 87.9 cm³/mol. The van der Waals surface area contributed by atoms with Crippen molar-refractivity contribution in [1.82, 2.24) is 0 Å². The third kappa shape index (κ3) is 1.83. The zero-order chi connectivity index (χ0) is 15.5. The van der Waals surface area contributed by atoms with Gasteiger partial charge in [-0.2, -0.15) is 0 Å². The van der Waals surface area contributed by atoms with E-state index in [1.165, 1.54) is 36.0 Å². The van der Waals surface area contributed by atoms with Crippen LogP contribution >= 0.6 is 0 Å². The normalized spacial score (nSPS) is 41.9. The van der Waals surface area contributed by atoms with Crippen LogP contribution < -0.4 is 0 Å². The molecule has 2 saturated carbocycles. The molecule has 0 spiro atoms. The minimum atomic E-state index is -0.236. The first-order valence-electron chi connectivity index (χ1n) is 8.71. The van der Waals surface area contributed by atoms with E-state index >= 15 is 0 Å². The first kappa shape index (κ1) is 14.3. The number of phenols is 1. The molecule has 3 aliphatic rings. The fraction of sp³-hybridized carbons (Fsp3) is 0.600. The minimum absolute atomic E-state index is 0.198. The highest BCUT2D eigenvalue weighted by Gasteiger charge is 2.55. The average Bonchev–Trinajstić information content (AvgIpc) is 2.76. The Balaban J connectivity index is 1.73. The lowest BCUT2D eigenvalue weighted by atomic mass is 9.55. The van der Waals surface area contributed by atoms with E-state index in [1.54, 1.807) is 0 Å². The second-order valence-electron chi connectivity index (χ2n) is 7.75. The molecule has 1 aromatic carbocycles. The first-order valence-corrected chi connectivity index (χ1v) is 8.71. The minimum Gasteiger partial charge on any atom is -0.508 e. The molecule has 2 N–H and O–H groups in total. The van der Waals surface area contributed by atoms with Crippen molar-refractivity contribution in [3.05, 3.63) is 41.0 Å². The Morgan fingerprint density at radius 3 is 2.86 bits per heavy atom. The fourth-order valence-electron chi connectivity index (χ4n) is 5.95. The van der Waals surface area contributed by atoms with Crippen molar-refractivity contribution in [2.24, 2.45) is 17.3 Å². The maximum atomic E-state index is 10.5. The smallest absolute Gasteiger partial charge is 0.115 e. The third-order valence-corrected chi connectivity index (χ3v) is 6.91. The summed E-state index contributed by atoms with van der Waals surface area (Å²) in [6.45, 7) is 4.46. The van der Waals surface area contributed by atoms with Gasteiger partial charge in [0.25, 0.3) is 0 Å². The number of aliphatic hydroxyl groups excluding tert-OH is 1. The third-order valence-electron chi connectivity index (χ3n) is 6.91. The lowest BCUT2D eigenvalue weighted by molar-refractivity contribution is 0.0781. The van der Waals surface area contributed by atoms with Crippen molar-refractivity contribution in [2.45, 2.75) is 58.0 Å². The topological polar surface area (TPSA) is 40.5 Å². The molecule has 2 heteroatoms. The number of hydrogen-bond acceptors (Lipinski definition) is 2. The summed E-state index contributed by atoms with van der Waals surface area (Å²) < 4.78 is 0. The molecule has 0 unspecified atom stereocenters. The number of phenolic OH excluding ortho intramolecular Hbond substituents is 1. The Morgan fingerprint density at radius 1 is 1.27 bits per heavy atom. The fourth-order valence-corrected chi connectivity index (χ4v) is 5.95. The van der Waals surface area contributed by atoms with Gasteiger partial charge in [0.15, 0.2) is 0 Å². The van der Waals surface area contributed by atoms with Gasteiger partial charge in [-0.15, -0.1) is 0 Å². The molecule has 0 heterocycles. The highest BCUT2D eigenvalue weighted by molar-refractivity contribution is 5.41. The second-order valence-corrected chi connectivity index (χ2v) is 7.75. The lowest BCUT2D eigenvalue weighted by Gasteiger charge is -2.49. The Kier molecular flexibility index (Phi) is 3.16. The highest BCUT2D eigenvalue weighted by atomic mass is 16.3. The molecule has 5 atom stereocenters. The van der Waals surface area contributed by atoms with Crippen molar-refractivity contribution in [1.29, 1.82) is 0 Å². The molecule has 118 valence electrons. The number of aryl methyl sites for hydroxylation is 1. The van der Waals surface area contributed by atoms with Gasteiger partial charge < -0.3 is 10.2 Å². The predicted octanol–water partition coefficient (Wildman–Crippen LogP) is 4.17. The van der Waals surface area contributed by atoms with Gasteiger partial charge in [-0.25, -0.2) is 0 Å². The summed E-state index contributed by atoms with van der Waals surface area (Å²) in [7, 11) is 0. The Labute approximate surface area is 132 Å². The van der Waals surface area contributed by atoms with Gasteiger partial charge in [-0.05, 0) is 91.0 Å². The van der Waals surface area contributed by atoms with Crippen LogP contribution in [0.1, 0.15) is 56.6 Å². The molecule has 0 amide bonds. The molecule has 0 aromatic heterocycles. The van der Waals surface area contributed by atoms with Crippen LogP contribution in [0.15, 0.2) is 29.8 Å². The van der Waals surface area contributed by atoms with E-state index in [2.05, 4.69) is 26.0 Å². The van der Waals surface area contributed by atoms with Crippen molar-refractivity contribution in [2.75, 3.05) is 0 Å². The van der Waals surface area contributed by atoms with Gasteiger partial charge in [0.05, 0.1) is 6.10 Å². The van der Waals surface area contributed by atoms with Crippen LogP contribution in [0.25, 0.3) is 0 Å². The zero-order valence-electron chi connectivity index (χ0n) is 13.5. The van der Waals surface area contributed by atoms with Crippen molar-refractivity contribution in [3.8, 4) is 5.75 Å². The van der Waals surface area contributed by atoms with Gasteiger partial charge in [0.1, 0.15) is 5.75 Å². The van der Waals surface area contributed by atoms with E-state index in [4.69, 9.17) is 0 Å². The van der Waals surface area contributed by atoms with Crippen molar-refractivity contribution in [3.63, 3.8) is 0 Å². The summed E-state index contributed by atoms with van der Waals surface area (Å²) in [4.78, 5) is 0. The van der Waals surface area contributed by atoms with E-state index in [-0.39, 0.29) is 11.5 Å². The maximum Gasteiger partial charge on any atom is 0.115 e. The molecule has 22 heavy (non-hydrogen) atoms. The lowest BCUT2D eigenvalue weighted by Crippen LogP contribution is -2.40. The SMILES string of the molecule is CC=C1[C@@H](O)C[C@H]2[C@@H]3CCc4cc(O)ccc4[C@H]3CC[C@]12C. The molecular weight excluding hydrogens is 272 g/mol. The van der Waals surface area contributed by atoms with Crippen molar-refractivity contribution < 1.29 is 10.2 Å². The molecule has 0 saturated heterocycles. The Bertz CT molecular complexity index is 633. The summed E-state index contributed by atoms with van der Waals surface area (Å²) in [5.74, 6) is 2.30. The quantitative estimate of drug-likeness (QED) is 0.706. The van der Waals surface area contributed by atoms with Crippen molar-refractivity contribution >= 4 is 0 Å². The first-order chi connectivity index (χ1) is 10.5. The largest absolute Gasteiger partial charge is 0.508 e. The van der Waals surface area contributed by atoms with Crippen LogP contribution in [0.2, 0.25) is 0 Å². The van der Waals surface area contributed by atoms with Crippen LogP contribution in [0.5, 0.6) is 5.75 Å². The van der Waals surface area contributed by atoms with Crippen LogP contribution in [-0.4, -0.2) is 16.3 Å². The molecular formula is C20H26O2. The maximum absolute atomic E-state index is 10.5. The number of aliphatic hydroxyl groups is 1. The number of rotatable bonds is 0. The van der Waals surface area contributed by atoms with E-state index in [0.29, 0.717) is 23.5 Å². The van der Waals surface area contributed by atoms with Gasteiger partial charge in [-0.1, -0.05) is 19.1 Å². The molecule has 0 radical (unpaired) electrons. The number of aromatic hydroxyl groups is 1. The van der Waals surface area contributed by atoms with Crippen LogP contribution in [0.4, 0.5) is 0 Å². The van der Waals surface area contributed by atoms with E-state index in [1.807, 2.05) is 12.1 Å². The summed E-state index contributed by atoms with van der Waals surface area (Å²) in [6.07, 6.45) is 7.52. The Hall–Kier alpha value is -1.28. The van der Waals surface area contributed by atoms with Crippen LogP contribution in [0.3, 0.4) is 0 Å². The van der Waals surface area contributed by atoms with Gasteiger partial charge in [0, 0.05) is 0 Å². The van der Waals surface area contributed by atoms with E-state index in [0.717, 1.165) is 12.8 Å². The standard InChI is InChI=1S/C20H26O2/c1-3-17-19(22)11-18-16-6-4-12-10-13(21)5-7-14(12)15(16)8-9-20(17,18)2/h3,5,7,10,15-16,18-19,21-22H,4,6,8-9,11H2,1-2H3/t15-,16-,18+,19+,20-/m1/s1. The molecule has 2 nitrogen and oxygen atoms in total. The monoisotopic (exact) mass is 298 g/mol. The van der Waals surface area contributed by atoms with Gasteiger partial charge in [0.2, 0.25) is 0 Å². The highest BCUT2D eigenvalue weighted by Crippen LogP contribution is 2.62. The van der Waals surface area contributed by atoms with Gasteiger partial charge >= 0.3 is 0 Å². The number of fused-ring (bicyclic) bond motifs is 5. The summed E-state index contributed by atoms with van der Waals surface area (Å²) in [6, 6.07) is 5.95. The molecule has 0 bridgehead atoms. The van der Waals surface area contributed by atoms with Crippen LogP contribution in [-0.2, 0) is 6.42 Å². The summed E-state index contributed by atoms with van der Waals surface area (Å²) in [5.41, 5.74) is 4.28. The van der Waals surface area contributed by atoms with Gasteiger partial charge in [-0.3, -0.25) is 0 Å². The number of hydrogen-bond donors (Lipinski definition) is 2. The number of allylic oxidation sites excluding steroid dienone is 1. The van der Waals surface area contributed by atoms with E-state index < -0.39 is 0 Å². The van der Waals surface area contributed by atoms with Crippen LogP contribution in [0, 0.1) is 17.3 Å². The molecule has 1 aromatic rings. The Morgan fingerprint density at radius 2 is 2.09 bits per heavy atom. The van der Waals surface area contributed by atoms with E-state index in [9.17, 15) is 10.2 Å². The summed E-state index contributed by atoms with van der Waals surface area (Å²) in [5, 5.41) is 20.2. The average molecular weight is 298 g/mol. The second kappa shape index (κ2) is 4.86. The molecule has 0 aliphatic heterocycles. The molecule has 2 fully saturated rings. The molecule has 4 rings (SSSR count). The number of benzene rings is 1. The zero-order valence-corrected chi connectivity index (χ0v) is 13.5. The summed E-state index contributed by atoms with van der Waals surface area (Å²) >= 11 is 0.